The Labute approximate surface area is 218 Å². The highest BCUT2D eigenvalue weighted by atomic mass is 16.6. The third-order valence-corrected chi connectivity index (χ3v) is 7.24. The first kappa shape index (κ1) is 26.7. The van der Waals surface area contributed by atoms with Crippen molar-refractivity contribution < 1.29 is 33.4 Å². The van der Waals surface area contributed by atoms with Gasteiger partial charge in [0.1, 0.15) is 30.5 Å². The molecule has 0 aliphatic carbocycles. The number of esters is 1. The lowest BCUT2D eigenvalue weighted by atomic mass is 9.82. The zero-order valence-electron chi connectivity index (χ0n) is 21.8. The number of nitrogens with zero attached hydrogens (tertiary/aromatic N) is 1. The van der Waals surface area contributed by atoms with E-state index in [0.717, 1.165) is 31.5 Å². The molecule has 2 aromatic rings. The number of hydrogen-bond donors (Lipinski definition) is 2. The average Bonchev–Trinajstić information content (AvgIpc) is 2.85. The Morgan fingerprint density at radius 3 is 2.30 bits per heavy atom. The van der Waals surface area contributed by atoms with Gasteiger partial charge in [0.2, 0.25) is 5.78 Å². The summed E-state index contributed by atoms with van der Waals surface area (Å²) in [5.41, 5.74) is 0.753. The minimum Gasteiger partial charge on any atom is -0.508 e. The van der Waals surface area contributed by atoms with Crippen LogP contribution < -0.4 is 5.32 Å². The smallest absolute Gasteiger partial charge is 0.408 e. The molecule has 2 atom stereocenters. The third-order valence-electron chi connectivity index (χ3n) is 7.24. The highest BCUT2D eigenvalue weighted by Crippen LogP contribution is 2.36. The van der Waals surface area contributed by atoms with Gasteiger partial charge in [0, 0.05) is 30.7 Å². The molecule has 0 saturated carbocycles. The predicted molar refractivity (Wildman–Crippen MR) is 138 cm³/mol. The fraction of sp³-hybridized carbons (Fsp3) is 0.483. The van der Waals surface area contributed by atoms with Crippen LogP contribution in [0.3, 0.4) is 0 Å². The molecule has 2 bridgehead atoms. The number of benzene rings is 2. The summed E-state index contributed by atoms with van der Waals surface area (Å²) in [6.07, 6.45) is 0.965. The van der Waals surface area contributed by atoms with Crippen molar-refractivity contribution in [3.8, 4) is 5.75 Å². The van der Waals surface area contributed by atoms with Crippen LogP contribution in [0.5, 0.6) is 5.75 Å². The van der Waals surface area contributed by atoms with E-state index in [4.69, 9.17) is 9.47 Å². The monoisotopic (exact) mass is 509 g/mol. The van der Waals surface area contributed by atoms with Gasteiger partial charge in [-0.15, -0.1) is 0 Å². The number of hydrogen-bond acceptors (Lipinski definition) is 6. The van der Waals surface area contributed by atoms with E-state index in [-0.39, 0.29) is 30.0 Å². The van der Waals surface area contributed by atoms with Crippen molar-refractivity contribution in [2.24, 2.45) is 5.92 Å². The lowest BCUT2D eigenvalue weighted by Crippen LogP contribution is -2.66. The second-order valence-electron chi connectivity index (χ2n) is 11.3. The third kappa shape index (κ3) is 7.10. The van der Waals surface area contributed by atoms with Crippen LogP contribution in [-0.4, -0.2) is 71.4 Å². The molecular formula is C29H37N2O6+. The fourth-order valence-electron chi connectivity index (χ4n) is 5.34. The number of quaternary nitrogens is 1. The number of alkyl carbamates (subject to hydrolysis) is 1. The molecule has 3 aliphatic heterocycles. The van der Waals surface area contributed by atoms with Gasteiger partial charge in [-0.2, -0.15) is 0 Å². The van der Waals surface area contributed by atoms with Gasteiger partial charge in [-0.05, 0) is 38.5 Å². The SMILES string of the molecule is CC(C)(C)OC(=O)NC(Cc1ccc(O)cc1)C(=O)OC1C[N+]2(CC(=O)c3ccccc3)CCC1CC2. The molecule has 3 fully saturated rings. The number of piperidine rings is 3. The molecule has 2 aromatic carbocycles. The van der Waals surface area contributed by atoms with E-state index < -0.39 is 23.7 Å². The molecule has 37 heavy (non-hydrogen) atoms. The normalized spacial score (nSPS) is 23.6. The quantitative estimate of drug-likeness (QED) is 0.318. The zero-order valence-corrected chi connectivity index (χ0v) is 21.8. The number of carbonyl (C=O) groups is 3. The van der Waals surface area contributed by atoms with Gasteiger partial charge in [0.25, 0.3) is 0 Å². The molecule has 3 heterocycles. The number of ether oxygens (including phenoxy) is 2. The van der Waals surface area contributed by atoms with Crippen LogP contribution in [0, 0.1) is 5.92 Å². The number of carbonyl (C=O) groups excluding carboxylic acids is 3. The Kier molecular flexibility index (Phi) is 7.87. The maximum Gasteiger partial charge on any atom is 0.408 e. The number of rotatable bonds is 8. The number of phenols is 1. The first-order valence-electron chi connectivity index (χ1n) is 12.9. The summed E-state index contributed by atoms with van der Waals surface area (Å²) in [5.74, 6) is -0.0611. The lowest BCUT2D eigenvalue weighted by Gasteiger charge is -2.51. The summed E-state index contributed by atoms with van der Waals surface area (Å²) in [6, 6.07) is 14.8. The van der Waals surface area contributed by atoms with Crippen molar-refractivity contribution in [2.45, 2.75) is 57.8 Å². The van der Waals surface area contributed by atoms with E-state index in [1.165, 1.54) is 12.1 Å². The Morgan fingerprint density at radius 1 is 1.03 bits per heavy atom. The number of fused-ring (bicyclic) bond motifs is 3. The van der Waals surface area contributed by atoms with E-state index in [9.17, 15) is 19.5 Å². The molecule has 2 unspecified atom stereocenters. The maximum absolute atomic E-state index is 13.4. The van der Waals surface area contributed by atoms with Crippen LogP contribution in [0.15, 0.2) is 54.6 Å². The molecule has 1 amide bonds. The Bertz CT molecular complexity index is 1100. The Hall–Kier alpha value is -3.39. The Morgan fingerprint density at radius 2 is 1.68 bits per heavy atom. The summed E-state index contributed by atoms with van der Waals surface area (Å²) in [4.78, 5) is 38.9. The highest BCUT2D eigenvalue weighted by molar-refractivity contribution is 5.97. The summed E-state index contributed by atoms with van der Waals surface area (Å²) in [7, 11) is 0. The van der Waals surface area contributed by atoms with E-state index in [1.54, 1.807) is 32.9 Å². The number of nitrogens with one attached hydrogen (secondary N) is 1. The van der Waals surface area contributed by atoms with Crippen molar-refractivity contribution in [1.82, 2.24) is 5.32 Å². The molecule has 2 N–H and O–H groups in total. The second-order valence-corrected chi connectivity index (χ2v) is 11.3. The molecule has 198 valence electrons. The van der Waals surface area contributed by atoms with Gasteiger partial charge in [0.15, 0.2) is 6.10 Å². The number of Topliss-reactive ketones (excluding diaryl/α,β-unsaturated/α-hetero) is 1. The van der Waals surface area contributed by atoms with Gasteiger partial charge >= 0.3 is 12.1 Å². The minimum absolute atomic E-state index is 0.0998. The average molecular weight is 510 g/mol. The summed E-state index contributed by atoms with van der Waals surface area (Å²) < 4.78 is 12.0. The van der Waals surface area contributed by atoms with Gasteiger partial charge in [-0.3, -0.25) is 4.79 Å². The first-order chi connectivity index (χ1) is 17.5. The van der Waals surface area contributed by atoms with E-state index in [2.05, 4.69) is 5.32 Å². The topological polar surface area (TPSA) is 102 Å². The summed E-state index contributed by atoms with van der Waals surface area (Å²) >= 11 is 0. The van der Waals surface area contributed by atoms with E-state index in [0.29, 0.717) is 23.1 Å². The van der Waals surface area contributed by atoms with Crippen LogP contribution in [0.25, 0.3) is 0 Å². The van der Waals surface area contributed by atoms with Gasteiger partial charge in [-0.1, -0.05) is 42.5 Å². The highest BCUT2D eigenvalue weighted by Gasteiger charge is 2.49. The molecule has 0 radical (unpaired) electrons. The number of amides is 1. The van der Waals surface area contributed by atoms with E-state index >= 15 is 0 Å². The van der Waals surface area contributed by atoms with Crippen molar-refractivity contribution in [1.29, 1.82) is 0 Å². The fourth-order valence-corrected chi connectivity index (χ4v) is 5.34. The molecular weight excluding hydrogens is 472 g/mol. The van der Waals surface area contributed by atoms with Crippen LogP contribution in [-0.2, 0) is 20.7 Å². The van der Waals surface area contributed by atoms with Crippen LogP contribution in [0.1, 0.15) is 49.5 Å². The van der Waals surface area contributed by atoms with Crippen molar-refractivity contribution >= 4 is 17.8 Å². The zero-order chi connectivity index (χ0) is 26.6. The van der Waals surface area contributed by atoms with Gasteiger partial charge in [0.05, 0.1) is 13.1 Å². The minimum atomic E-state index is -0.950. The maximum atomic E-state index is 13.4. The molecule has 3 saturated heterocycles. The van der Waals surface area contributed by atoms with Gasteiger partial charge < -0.3 is 24.4 Å². The lowest BCUT2D eigenvalue weighted by molar-refractivity contribution is -0.938. The van der Waals surface area contributed by atoms with Crippen molar-refractivity contribution in [3.63, 3.8) is 0 Å². The molecule has 0 aromatic heterocycles. The second kappa shape index (κ2) is 10.9. The first-order valence-corrected chi connectivity index (χ1v) is 12.9. The van der Waals surface area contributed by atoms with Crippen molar-refractivity contribution in [3.05, 3.63) is 65.7 Å². The summed E-state index contributed by atoms with van der Waals surface area (Å²) in [5, 5.41) is 12.3. The van der Waals surface area contributed by atoms with Crippen LogP contribution >= 0.6 is 0 Å². The summed E-state index contributed by atoms with van der Waals surface area (Å²) in [6.45, 7) is 8.03. The van der Waals surface area contributed by atoms with Crippen molar-refractivity contribution in [2.75, 3.05) is 26.2 Å². The standard InChI is InChI=1S/C29H36N2O6/c1-29(2,3)37-28(35)30-24(17-20-9-11-23(32)12-10-20)27(34)36-26-19-31(15-13-22(26)14-16-31)18-25(33)21-7-5-4-6-8-21/h4-12,22,24,26H,13-19H2,1-3H3,(H-,30,32,35)/p+1. The van der Waals surface area contributed by atoms with Crippen LogP contribution in [0.2, 0.25) is 0 Å². The van der Waals surface area contributed by atoms with E-state index in [1.807, 2.05) is 30.3 Å². The predicted octanol–water partition coefficient (Wildman–Crippen LogP) is 3.86. The number of aromatic hydroxyl groups is 1. The molecule has 0 spiro atoms. The number of ketones is 1. The van der Waals surface area contributed by atoms with Gasteiger partial charge in [-0.25, -0.2) is 9.59 Å². The number of phenolic OH excluding ortho intramolecular Hbond substituents is 1. The van der Waals surface area contributed by atoms with Crippen LogP contribution in [0.4, 0.5) is 4.79 Å². The molecule has 8 heteroatoms. The molecule has 8 nitrogen and oxygen atoms in total. The Balaban J connectivity index is 1.45. The largest absolute Gasteiger partial charge is 0.508 e. The molecule has 3 aliphatic rings. The molecule has 5 rings (SSSR count).